The zero-order valence-corrected chi connectivity index (χ0v) is 12.0. The molecule has 3 atom stereocenters. The fourth-order valence-electron chi connectivity index (χ4n) is 2.64. The molecule has 1 aromatic rings. The van der Waals surface area contributed by atoms with E-state index in [1.165, 1.54) is 18.4 Å². The van der Waals surface area contributed by atoms with Crippen LogP contribution in [0.3, 0.4) is 0 Å². The SMILES string of the molecule is CC1CCC(CN)C(c2cnn(C(C)(C)C)c2)N1. The third-order valence-corrected chi connectivity index (χ3v) is 3.86. The molecule has 1 saturated heterocycles. The average Bonchev–Trinajstić information content (AvgIpc) is 2.77. The lowest BCUT2D eigenvalue weighted by Gasteiger charge is -2.35. The van der Waals surface area contributed by atoms with E-state index in [-0.39, 0.29) is 5.54 Å². The van der Waals surface area contributed by atoms with Gasteiger partial charge in [0.1, 0.15) is 0 Å². The van der Waals surface area contributed by atoms with E-state index < -0.39 is 0 Å². The van der Waals surface area contributed by atoms with Gasteiger partial charge in [0.15, 0.2) is 0 Å². The topological polar surface area (TPSA) is 55.9 Å². The van der Waals surface area contributed by atoms with Crippen molar-refractivity contribution in [3.8, 4) is 0 Å². The van der Waals surface area contributed by atoms with Crippen molar-refractivity contribution in [1.29, 1.82) is 0 Å². The van der Waals surface area contributed by atoms with Gasteiger partial charge in [0.25, 0.3) is 0 Å². The molecule has 18 heavy (non-hydrogen) atoms. The highest BCUT2D eigenvalue weighted by Crippen LogP contribution is 2.31. The summed E-state index contributed by atoms with van der Waals surface area (Å²) in [5.74, 6) is 0.527. The largest absolute Gasteiger partial charge is 0.330 e. The first-order chi connectivity index (χ1) is 8.41. The molecule has 0 aromatic carbocycles. The molecule has 0 amide bonds. The van der Waals surface area contributed by atoms with E-state index in [4.69, 9.17) is 5.73 Å². The highest BCUT2D eigenvalue weighted by Gasteiger charge is 2.29. The maximum Gasteiger partial charge on any atom is 0.0543 e. The van der Waals surface area contributed by atoms with Crippen molar-refractivity contribution >= 4 is 0 Å². The van der Waals surface area contributed by atoms with Gasteiger partial charge in [0.05, 0.1) is 11.7 Å². The van der Waals surface area contributed by atoms with Gasteiger partial charge in [-0.1, -0.05) is 0 Å². The lowest BCUT2D eigenvalue weighted by Crippen LogP contribution is -2.42. The Hall–Kier alpha value is -0.870. The Kier molecular flexibility index (Phi) is 3.78. The zero-order chi connectivity index (χ0) is 13.3. The van der Waals surface area contributed by atoms with Crippen molar-refractivity contribution in [2.75, 3.05) is 6.54 Å². The third-order valence-electron chi connectivity index (χ3n) is 3.86. The molecule has 4 heteroatoms. The molecule has 0 aliphatic carbocycles. The number of aromatic nitrogens is 2. The monoisotopic (exact) mass is 250 g/mol. The maximum absolute atomic E-state index is 5.90. The summed E-state index contributed by atoms with van der Waals surface area (Å²) in [7, 11) is 0. The van der Waals surface area contributed by atoms with Crippen LogP contribution in [0.25, 0.3) is 0 Å². The number of nitrogens with two attached hydrogens (primary N) is 1. The third kappa shape index (κ3) is 2.75. The van der Waals surface area contributed by atoms with E-state index in [2.05, 4.69) is 44.3 Å². The van der Waals surface area contributed by atoms with Gasteiger partial charge in [-0.25, -0.2) is 0 Å². The van der Waals surface area contributed by atoms with Crippen LogP contribution in [0.2, 0.25) is 0 Å². The first-order valence-corrected chi connectivity index (χ1v) is 6.93. The van der Waals surface area contributed by atoms with Crippen LogP contribution in [0, 0.1) is 5.92 Å². The zero-order valence-electron chi connectivity index (χ0n) is 12.0. The molecule has 1 fully saturated rings. The van der Waals surface area contributed by atoms with Crippen molar-refractivity contribution < 1.29 is 0 Å². The van der Waals surface area contributed by atoms with E-state index in [9.17, 15) is 0 Å². The van der Waals surface area contributed by atoms with E-state index in [1.54, 1.807) is 0 Å². The van der Waals surface area contributed by atoms with Crippen molar-refractivity contribution in [3.05, 3.63) is 18.0 Å². The highest BCUT2D eigenvalue weighted by molar-refractivity contribution is 5.14. The van der Waals surface area contributed by atoms with Gasteiger partial charge < -0.3 is 11.1 Å². The Labute approximate surface area is 110 Å². The molecule has 102 valence electrons. The van der Waals surface area contributed by atoms with Gasteiger partial charge in [-0.05, 0) is 53.0 Å². The molecule has 2 rings (SSSR count). The van der Waals surface area contributed by atoms with Crippen LogP contribution in [-0.2, 0) is 5.54 Å². The number of rotatable bonds is 2. The Bertz CT molecular complexity index is 391. The summed E-state index contributed by atoms with van der Waals surface area (Å²) in [6.07, 6.45) is 6.57. The molecule has 0 saturated carbocycles. The molecule has 3 unspecified atom stereocenters. The first kappa shape index (κ1) is 13.6. The lowest BCUT2D eigenvalue weighted by molar-refractivity contribution is 0.246. The second kappa shape index (κ2) is 5.02. The van der Waals surface area contributed by atoms with Gasteiger partial charge in [-0.2, -0.15) is 5.10 Å². The Morgan fingerprint density at radius 2 is 2.17 bits per heavy atom. The van der Waals surface area contributed by atoms with Crippen LogP contribution in [-0.4, -0.2) is 22.4 Å². The van der Waals surface area contributed by atoms with E-state index in [1.807, 2.05) is 10.9 Å². The molecular formula is C14H26N4. The van der Waals surface area contributed by atoms with Gasteiger partial charge in [0.2, 0.25) is 0 Å². The Morgan fingerprint density at radius 3 is 2.72 bits per heavy atom. The summed E-state index contributed by atoms with van der Waals surface area (Å²) in [4.78, 5) is 0. The summed E-state index contributed by atoms with van der Waals surface area (Å²) in [6.45, 7) is 9.49. The van der Waals surface area contributed by atoms with E-state index in [0.717, 1.165) is 6.54 Å². The van der Waals surface area contributed by atoms with E-state index in [0.29, 0.717) is 18.0 Å². The fourth-order valence-corrected chi connectivity index (χ4v) is 2.64. The number of hydrogen-bond acceptors (Lipinski definition) is 3. The smallest absolute Gasteiger partial charge is 0.0543 e. The summed E-state index contributed by atoms with van der Waals surface area (Å²) < 4.78 is 2.04. The second-order valence-corrected chi connectivity index (χ2v) is 6.51. The van der Waals surface area contributed by atoms with Crippen LogP contribution in [0.5, 0.6) is 0 Å². The molecule has 4 nitrogen and oxygen atoms in total. The quantitative estimate of drug-likeness (QED) is 0.844. The molecule has 1 aliphatic heterocycles. The predicted octanol–water partition coefficient (Wildman–Crippen LogP) is 2.03. The molecule has 1 aliphatic rings. The number of nitrogens with zero attached hydrogens (tertiary/aromatic N) is 2. The highest BCUT2D eigenvalue weighted by atomic mass is 15.3. The van der Waals surface area contributed by atoms with Crippen LogP contribution >= 0.6 is 0 Å². The standard InChI is InChI=1S/C14H26N4/c1-10-5-6-11(7-15)13(17-10)12-8-16-18(9-12)14(2,3)4/h8-11,13,17H,5-7,15H2,1-4H3. The summed E-state index contributed by atoms with van der Waals surface area (Å²) >= 11 is 0. The number of piperidine rings is 1. The van der Waals surface area contributed by atoms with Crippen molar-refractivity contribution in [1.82, 2.24) is 15.1 Å². The minimum absolute atomic E-state index is 0.0384. The molecule has 2 heterocycles. The second-order valence-electron chi connectivity index (χ2n) is 6.51. The molecule has 0 radical (unpaired) electrons. The minimum Gasteiger partial charge on any atom is -0.330 e. The maximum atomic E-state index is 5.90. The molecular weight excluding hydrogens is 224 g/mol. The number of nitrogens with one attached hydrogen (secondary N) is 1. The Balaban J connectivity index is 2.20. The van der Waals surface area contributed by atoms with Crippen LogP contribution in [0.1, 0.15) is 52.1 Å². The van der Waals surface area contributed by atoms with Gasteiger partial charge in [0, 0.05) is 23.8 Å². The van der Waals surface area contributed by atoms with Gasteiger partial charge in [-0.3, -0.25) is 4.68 Å². The van der Waals surface area contributed by atoms with Crippen molar-refractivity contribution in [2.24, 2.45) is 11.7 Å². The van der Waals surface area contributed by atoms with Crippen LogP contribution in [0.15, 0.2) is 12.4 Å². The van der Waals surface area contributed by atoms with Crippen LogP contribution in [0.4, 0.5) is 0 Å². The van der Waals surface area contributed by atoms with E-state index >= 15 is 0 Å². The average molecular weight is 250 g/mol. The van der Waals surface area contributed by atoms with Crippen LogP contribution < -0.4 is 11.1 Å². The molecule has 0 spiro atoms. The summed E-state index contributed by atoms with van der Waals surface area (Å²) in [5.41, 5.74) is 7.21. The minimum atomic E-state index is 0.0384. The fraction of sp³-hybridized carbons (Fsp3) is 0.786. The van der Waals surface area contributed by atoms with Gasteiger partial charge in [-0.15, -0.1) is 0 Å². The normalized spacial score (nSPS) is 29.5. The molecule has 0 bridgehead atoms. The Morgan fingerprint density at radius 1 is 1.44 bits per heavy atom. The lowest BCUT2D eigenvalue weighted by atomic mass is 9.85. The summed E-state index contributed by atoms with van der Waals surface area (Å²) in [5, 5.41) is 8.16. The first-order valence-electron chi connectivity index (χ1n) is 6.93. The number of hydrogen-bond donors (Lipinski definition) is 2. The molecule has 1 aromatic heterocycles. The summed E-state index contributed by atoms with van der Waals surface area (Å²) in [6, 6.07) is 0.922. The predicted molar refractivity (Wildman–Crippen MR) is 74.3 cm³/mol. The van der Waals surface area contributed by atoms with Gasteiger partial charge >= 0.3 is 0 Å². The van der Waals surface area contributed by atoms with Crippen molar-refractivity contribution in [3.63, 3.8) is 0 Å². The van der Waals surface area contributed by atoms with Crippen molar-refractivity contribution in [2.45, 2.75) is 58.2 Å². The molecule has 3 N–H and O–H groups in total.